The number of carbonyl (C=O) groups excluding carboxylic acids is 1. The van der Waals surface area contributed by atoms with Gasteiger partial charge in [-0.1, -0.05) is 24.3 Å². The Hall–Kier alpha value is -1.77. The average molecular weight is 247 g/mol. The Bertz CT molecular complexity index is 406. The predicted octanol–water partition coefficient (Wildman–Crippen LogP) is 2.72. The van der Waals surface area contributed by atoms with Crippen LogP contribution in [0.1, 0.15) is 18.1 Å². The number of hydrogen-bond acceptors (Lipinski definition) is 2. The van der Waals surface area contributed by atoms with Crippen LogP contribution in [0.25, 0.3) is 0 Å². The number of para-hydroxylation sites is 1. The molecule has 18 heavy (non-hydrogen) atoms. The Balaban J connectivity index is 2.64. The molecule has 0 aromatic heterocycles. The maximum atomic E-state index is 11.9. The van der Waals surface area contributed by atoms with Crippen molar-refractivity contribution >= 4 is 5.91 Å². The Morgan fingerprint density at radius 3 is 2.50 bits per heavy atom. The minimum Gasteiger partial charge on any atom is -0.483 e. The van der Waals surface area contributed by atoms with Gasteiger partial charge in [-0.25, -0.2) is 0 Å². The fourth-order valence-corrected chi connectivity index (χ4v) is 1.82. The molecule has 1 aromatic rings. The second kappa shape index (κ2) is 6.84. The molecule has 1 aromatic carbocycles. The van der Waals surface area contributed by atoms with Crippen molar-refractivity contribution in [3.8, 4) is 5.75 Å². The lowest BCUT2D eigenvalue weighted by Crippen LogP contribution is -2.34. The first kappa shape index (κ1) is 14.3. The fraction of sp³-hybridized carbons (Fsp3) is 0.400. The van der Waals surface area contributed by atoms with Crippen molar-refractivity contribution in [3.63, 3.8) is 0 Å². The van der Waals surface area contributed by atoms with Crippen LogP contribution in [0.3, 0.4) is 0 Å². The van der Waals surface area contributed by atoms with Gasteiger partial charge >= 0.3 is 0 Å². The number of rotatable bonds is 6. The van der Waals surface area contributed by atoms with Gasteiger partial charge in [-0.3, -0.25) is 4.79 Å². The summed E-state index contributed by atoms with van der Waals surface area (Å²) in [5.41, 5.74) is 2.10. The lowest BCUT2D eigenvalue weighted by Gasteiger charge is -2.20. The highest BCUT2D eigenvalue weighted by atomic mass is 16.5. The van der Waals surface area contributed by atoms with E-state index in [9.17, 15) is 4.79 Å². The molecule has 0 aliphatic carbocycles. The molecule has 0 spiro atoms. The number of ether oxygens (including phenoxy) is 1. The van der Waals surface area contributed by atoms with E-state index in [1.807, 2.05) is 39.0 Å². The molecule has 0 radical (unpaired) electrons. The number of carbonyl (C=O) groups is 1. The molecule has 0 saturated carbocycles. The first-order chi connectivity index (χ1) is 8.60. The van der Waals surface area contributed by atoms with Crippen molar-refractivity contribution in [1.82, 2.24) is 4.90 Å². The minimum absolute atomic E-state index is 0.0138. The normalized spacial score (nSPS) is 9.94. The van der Waals surface area contributed by atoms with Gasteiger partial charge in [-0.05, 0) is 31.9 Å². The smallest absolute Gasteiger partial charge is 0.260 e. The number of benzene rings is 1. The van der Waals surface area contributed by atoms with E-state index < -0.39 is 0 Å². The molecule has 1 rings (SSSR count). The topological polar surface area (TPSA) is 29.5 Å². The first-order valence-corrected chi connectivity index (χ1v) is 6.17. The van der Waals surface area contributed by atoms with E-state index in [2.05, 4.69) is 6.58 Å². The molecule has 0 bridgehead atoms. The van der Waals surface area contributed by atoms with Crippen LogP contribution >= 0.6 is 0 Å². The molecule has 3 heteroatoms. The number of amides is 1. The first-order valence-electron chi connectivity index (χ1n) is 6.17. The van der Waals surface area contributed by atoms with Crippen LogP contribution in [0, 0.1) is 13.8 Å². The molecule has 0 N–H and O–H groups in total. The third-order valence-corrected chi connectivity index (χ3v) is 2.83. The SMILES string of the molecule is C=CCN(CC)C(=O)COc1c(C)cccc1C. The van der Waals surface area contributed by atoms with Crippen LogP contribution in [0.5, 0.6) is 5.75 Å². The maximum absolute atomic E-state index is 11.9. The number of nitrogens with zero attached hydrogens (tertiary/aromatic N) is 1. The van der Waals surface area contributed by atoms with E-state index >= 15 is 0 Å². The molecule has 3 nitrogen and oxygen atoms in total. The van der Waals surface area contributed by atoms with Crippen molar-refractivity contribution < 1.29 is 9.53 Å². The standard InChI is InChI=1S/C15H21NO2/c1-5-10-16(6-2)14(17)11-18-15-12(3)8-7-9-13(15)4/h5,7-9H,1,6,10-11H2,2-4H3. The fourth-order valence-electron chi connectivity index (χ4n) is 1.82. The predicted molar refractivity (Wildman–Crippen MR) is 73.9 cm³/mol. The molecule has 0 heterocycles. The molecule has 0 fully saturated rings. The molecular formula is C15H21NO2. The van der Waals surface area contributed by atoms with Gasteiger partial charge in [0, 0.05) is 13.1 Å². The van der Waals surface area contributed by atoms with E-state index in [-0.39, 0.29) is 12.5 Å². The van der Waals surface area contributed by atoms with Gasteiger partial charge in [-0.2, -0.15) is 0 Å². The van der Waals surface area contributed by atoms with Gasteiger partial charge in [0.15, 0.2) is 6.61 Å². The van der Waals surface area contributed by atoms with E-state index in [0.29, 0.717) is 13.1 Å². The van der Waals surface area contributed by atoms with E-state index in [1.165, 1.54) is 0 Å². The molecule has 0 unspecified atom stereocenters. The highest BCUT2D eigenvalue weighted by Gasteiger charge is 2.12. The molecule has 98 valence electrons. The zero-order chi connectivity index (χ0) is 13.5. The molecule has 0 aliphatic rings. The summed E-state index contributed by atoms with van der Waals surface area (Å²) in [6.45, 7) is 10.9. The molecule has 0 atom stereocenters. The van der Waals surface area contributed by atoms with Crippen LogP contribution in [0.4, 0.5) is 0 Å². The van der Waals surface area contributed by atoms with Crippen molar-refractivity contribution in [2.75, 3.05) is 19.7 Å². The maximum Gasteiger partial charge on any atom is 0.260 e. The van der Waals surface area contributed by atoms with Crippen molar-refractivity contribution in [2.45, 2.75) is 20.8 Å². The Morgan fingerprint density at radius 1 is 1.39 bits per heavy atom. The van der Waals surface area contributed by atoms with E-state index in [0.717, 1.165) is 16.9 Å². The van der Waals surface area contributed by atoms with Crippen molar-refractivity contribution in [1.29, 1.82) is 0 Å². The number of aryl methyl sites for hydroxylation is 2. The van der Waals surface area contributed by atoms with Gasteiger partial charge < -0.3 is 9.64 Å². The quantitative estimate of drug-likeness (QED) is 0.723. The molecule has 0 saturated heterocycles. The van der Waals surface area contributed by atoms with E-state index in [4.69, 9.17) is 4.74 Å². The Kier molecular flexibility index (Phi) is 5.43. The van der Waals surface area contributed by atoms with Crippen LogP contribution in [0.15, 0.2) is 30.9 Å². The number of likely N-dealkylation sites (N-methyl/N-ethyl adjacent to an activating group) is 1. The third kappa shape index (κ3) is 3.62. The van der Waals surface area contributed by atoms with Crippen molar-refractivity contribution in [2.24, 2.45) is 0 Å². The summed E-state index contributed by atoms with van der Waals surface area (Å²) in [6, 6.07) is 5.94. The highest BCUT2D eigenvalue weighted by molar-refractivity contribution is 5.78. The van der Waals surface area contributed by atoms with Crippen LogP contribution in [0.2, 0.25) is 0 Å². The monoisotopic (exact) mass is 247 g/mol. The summed E-state index contributed by atoms with van der Waals surface area (Å²) in [7, 11) is 0. The lowest BCUT2D eigenvalue weighted by atomic mass is 10.1. The van der Waals surface area contributed by atoms with Gasteiger partial charge in [-0.15, -0.1) is 6.58 Å². The van der Waals surface area contributed by atoms with E-state index in [1.54, 1.807) is 11.0 Å². The Labute approximate surface area is 109 Å². The summed E-state index contributed by atoms with van der Waals surface area (Å²) >= 11 is 0. The summed E-state index contributed by atoms with van der Waals surface area (Å²) in [6.07, 6.45) is 1.72. The summed E-state index contributed by atoms with van der Waals surface area (Å²) < 4.78 is 5.63. The molecule has 1 amide bonds. The zero-order valence-electron chi connectivity index (χ0n) is 11.4. The number of hydrogen-bond donors (Lipinski definition) is 0. The summed E-state index contributed by atoms with van der Waals surface area (Å²) in [5.74, 6) is 0.792. The zero-order valence-corrected chi connectivity index (χ0v) is 11.4. The highest BCUT2D eigenvalue weighted by Crippen LogP contribution is 2.22. The van der Waals surface area contributed by atoms with Crippen molar-refractivity contribution in [3.05, 3.63) is 42.0 Å². The van der Waals surface area contributed by atoms with Crippen LogP contribution in [-0.2, 0) is 4.79 Å². The Morgan fingerprint density at radius 2 is 2.00 bits per heavy atom. The molecule has 0 aliphatic heterocycles. The van der Waals surface area contributed by atoms with Gasteiger partial charge in [0.2, 0.25) is 0 Å². The second-order valence-electron chi connectivity index (χ2n) is 4.23. The molecular weight excluding hydrogens is 226 g/mol. The third-order valence-electron chi connectivity index (χ3n) is 2.83. The second-order valence-corrected chi connectivity index (χ2v) is 4.23. The van der Waals surface area contributed by atoms with Crippen LogP contribution < -0.4 is 4.74 Å². The van der Waals surface area contributed by atoms with Gasteiger partial charge in [0.25, 0.3) is 5.91 Å². The van der Waals surface area contributed by atoms with Gasteiger partial charge in [0.1, 0.15) is 5.75 Å². The summed E-state index contributed by atoms with van der Waals surface area (Å²) in [4.78, 5) is 13.6. The minimum atomic E-state index is -0.0138. The van der Waals surface area contributed by atoms with Crippen LogP contribution in [-0.4, -0.2) is 30.5 Å². The van der Waals surface area contributed by atoms with Gasteiger partial charge in [0.05, 0.1) is 0 Å². The summed E-state index contributed by atoms with van der Waals surface area (Å²) in [5, 5.41) is 0. The largest absolute Gasteiger partial charge is 0.483 e. The lowest BCUT2D eigenvalue weighted by molar-refractivity contribution is -0.132. The average Bonchev–Trinajstić information content (AvgIpc) is 2.35.